The molecule has 0 aliphatic heterocycles. The van der Waals surface area contributed by atoms with Gasteiger partial charge in [0.15, 0.2) is 0 Å². The van der Waals surface area contributed by atoms with Crippen molar-refractivity contribution in [2.45, 2.75) is 32.8 Å². The van der Waals surface area contributed by atoms with Crippen molar-refractivity contribution in [2.24, 2.45) is 0 Å². The Hall–Kier alpha value is -0.390. The predicted octanol–water partition coefficient (Wildman–Crippen LogP) is 3.11. The molecule has 0 fully saturated rings. The van der Waals surface area contributed by atoms with Crippen LogP contribution in [0.5, 0.6) is 0 Å². The second kappa shape index (κ2) is 6.12. The Balaban J connectivity index is 2.34. The van der Waals surface area contributed by atoms with E-state index in [2.05, 4.69) is 38.1 Å². The molecule has 1 unspecified atom stereocenters. The smallest absolute Gasteiger partial charge is 0.0613 e. The molecule has 0 saturated heterocycles. The molecule has 1 atom stereocenters. The fourth-order valence-corrected chi connectivity index (χ4v) is 2.08. The summed E-state index contributed by atoms with van der Waals surface area (Å²) in [7, 11) is 0.498. The zero-order valence-corrected chi connectivity index (χ0v) is 9.29. The third kappa shape index (κ3) is 3.89. The summed E-state index contributed by atoms with van der Waals surface area (Å²) in [5, 5.41) is 1.29. The third-order valence-electron chi connectivity index (χ3n) is 2.03. The zero-order chi connectivity index (χ0) is 9.52. The number of hydrogen-bond acceptors (Lipinski definition) is 1. The lowest BCUT2D eigenvalue weighted by atomic mass is 10.2. The first-order valence-electron chi connectivity index (χ1n) is 4.83. The molecule has 1 rings (SSSR count). The average Bonchev–Trinajstić information content (AvgIpc) is 2.21. The van der Waals surface area contributed by atoms with E-state index in [4.69, 9.17) is 4.52 Å². The largest absolute Gasteiger partial charge is 0.354 e. The Labute approximate surface area is 82.4 Å². The Kier molecular flexibility index (Phi) is 5.03. The Morgan fingerprint density at radius 2 is 1.77 bits per heavy atom. The van der Waals surface area contributed by atoms with Gasteiger partial charge in [-0.15, -0.1) is 0 Å². The van der Waals surface area contributed by atoms with Gasteiger partial charge >= 0.3 is 0 Å². The van der Waals surface area contributed by atoms with Gasteiger partial charge in [0.25, 0.3) is 0 Å². The van der Waals surface area contributed by atoms with Crippen LogP contribution in [0.25, 0.3) is 0 Å². The first-order valence-corrected chi connectivity index (χ1v) is 5.74. The van der Waals surface area contributed by atoms with Crippen molar-refractivity contribution >= 4 is 14.1 Å². The molecule has 0 bridgehead atoms. The van der Waals surface area contributed by atoms with E-state index in [1.54, 1.807) is 0 Å². The highest BCUT2D eigenvalue weighted by Crippen LogP contribution is 2.18. The van der Waals surface area contributed by atoms with E-state index in [9.17, 15) is 0 Å². The van der Waals surface area contributed by atoms with Gasteiger partial charge in [-0.2, -0.15) is 0 Å². The molecular weight excluding hydrogens is 179 g/mol. The summed E-state index contributed by atoms with van der Waals surface area (Å²) in [6.07, 6.45) is 2.64. The van der Waals surface area contributed by atoms with Gasteiger partial charge in [-0.3, -0.25) is 0 Å². The summed E-state index contributed by atoms with van der Waals surface area (Å²) >= 11 is 0. The van der Waals surface area contributed by atoms with Crippen LogP contribution in [-0.2, 0) is 4.52 Å². The molecule has 0 N–H and O–H groups in total. The van der Waals surface area contributed by atoms with Crippen molar-refractivity contribution in [2.75, 3.05) is 0 Å². The summed E-state index contributed by atoms with van der Waals surface area (Å²) in [5.41, 5.74) is 0. The van der Waals surface area contributed by atoms with Gasteiger partial charge in [0.05, 0.1) is 6.10 Å². The minimum Gasteiger partial charge on any atom is -0.354 e. The highest BCUT2D eigenvalue weighted by Gasteiger charge is 2.02. The fraction of sp³-hybridized carbons (Fsp3) is 0.455. The fourth-order valence-electron chi connectivity index (χ4n) is 1.11. The summed E-state index contributed by atoms with van der Waals surface area (Å²) in [5.74, 6) is 0. The molecule has 2 heteroatoms. The van der Waals surface area contributed by atoms with Crippen LogP contribution < -0.4 is 5.30 Å². The predicted molar refractivity (Wildman–Crippen MR) is 59.8 cm³/mol. The standard InChI is InChI=1S/C11H17OP/c1-3-10(4-2)12-13-11-8-6-5-7-9-11/h5-10,13H,3-4H2,1-2H3. The number of rotatable bonds is 5. The van der Waals surface area contributed by atoms with Crippen LogP contribution in [0.3, 0.4) is 0 Å². The van der Waals surface area contributed by atoms with Crippen molar-refractivity contribution in [3.63, 3.8) is 0 Å². The highest BCUT2D eigenvalue weighted by molar-refractivity contribution is 7.41. The van der Waals surface area contributed by atoms with Crippen LogP contribution in [0.15, 0.2) is 30.3 Å². The molecule has 0 aromatic heterocycles. The molecule has 1 aromatic carbocycles. The van der Waals surface area contributed by atoms with E-state index in [1.165, 1.54) is 5.30 Å². The molecule has 72 valence electrons. The van der Waals surface area contributed by atoms with Gasteiger partial charge < -0.3 is 4.52 Å². The number of hydrogen-bond donors (Lipinski definition) is 0. The van der Waals surface area contributed by atoms with Crippen molar-refractivity contribution in [3.05, 3.63) is 30.3 Å². The monoisotopic (exact) mass is 196 g/mol. The van der Waals surface area contributed by atoms with Gasteiger partial charge in [-0.05, 0) is 18.1 Å². The molecule has 0 amide bonds. The molecule has 1 aromatic rings. The van der Waals surface area contributed by atoms with Gasteiger partial charge in [0.2, 0.25) is 0 Å². The minimum absolute atomic E-state index is 0.429. The van der Waals surface area contributed by atoms with E-state index in [1.807, 2.05) is 6.07 Å². The summed E-state index contributed by atoms with van der Waals surface area (Å²) in [6, 6.07) is 10.4. The van der Waals surface area contributed by atoms with Crippen LogP contribution >= 0.6 is 8.81 Å². The maximum absolute atomic E-state index is 5.75. The Morgan fingerprint density at radius 3 is 2.31 bits per heavy atom. The Morgan fingerprint density at radius 1 is 1.15 bits per heavy atom. The molecule has 13 heavy (non-hydrogen) atoms. The minimum atomic E-state index is 0.429. The molecule has 0 aliphatic rings. The maximum Gasteiger partial charge on any atom is 0.0613 e. The topological polar surface area (TPSA) is 9.23 Å². The van der Waals surface area contributed by atoms with E-state index in [0.717, 1.165) is 12.8 Å². The van der Waals surface area contributed by atoms with Gasteiger partial charge in [0.1, 0.15) is 0 Å². The molecule has 0 saturated carbocycles. The maximum atomic E-state index is 5.75. The molecule has 0 spiro atoms. The van der Waals surface area contributed by atoms with Crippen LogP contribution in [0.4, 0.5) is 0 Å². The summed E-state index contributed by atoms with van der Waals surface area (Å²) < 4.78 is 5.75. The van der Waals surface area contributed by atoms with E-state index >= 15 is 0 Å². The van der Waals surface area contributed by atoms with Crippen LogP contribution in [0.1, 0.15) is 26.7 Å². The SMILES string of the molecule is CCC(CC)OPc1ccccc1. The molecular formula is C11H17OP. The normalized spacial score (nSPS) is 11.6. The molecule has 0 aliphatic carbocycles. The van der Waals surface area contributed by atoms with E-state index < -0.39 is 0 Å². The Bertz CT molecular complexity index is 219. The summed E-state index contributed by atoms with van der Waals surface area (Å²) in [4.78, 5) is 0. The van der Waals surface area contributed by atoms with Crippen LogP contribution in [0.2, 0.25) is 0 Å². The zero-order valence-electron chi connectivity index (χ0n) is 8.29. The second-order valence-corrected chi connectivity index (χ2v) is 4.04. The number of benzene rings is 1. The average molecular weight is 196 g/mol. The van der Waals surface area contributed by atoms with Crippen LogP contribution in [-0.4, -0.2) is 6.10 Å². The summed E-state index contributed by atoms with van der Waals surface area (Å²) in [6.45, 7) is 4.34. The molecule has 0 heterocycles. The van der Waals surface area contributed by atoms with Gasteiger partial charge in [-0.25, -0.2) is 0 Å². The van der Waals surface area contributed by atoms with Gasteiger partial charge in [-0.1, -0.05) is 44.2 Å². The van der Waals surface area contributed by atoms with Crippen molar-refractivity contribution in [3.8, 4) is 0 Å². The van der Waals surface area contributed by atoms with Crippen molar-refractivity contribution in [1.29, 1.82) is 0 Å². The van der Waals surface area contributed by atoms with Crippen molar-refractivity contribution in [1.82, 2.24) is 0 Å². The molecule has 0 radical (unpaired) electrons. The lowest BCUT2D eigenvalue weighted by molar-refractivity contribution is 0.225. The highest BCUT2D eigenvalue weighted by atomic mass is 31.1. The van der Waals surface area contributed by atoms with E-state index in [0.29, 0.717) is 14.9 Å². The second-order valence-electron chi connectivity index (χ2n) is 3.02. The molecule has 1 nitrogen and oxygen atoms in total. The van der Waals surface area contributed by atoms with Crippen molar-refractivity contribution < 1.29 is 4.52 Å². The first-order chi connectivity index (χ1) is 6.36. The lowest BCUT2D eigenvalue weighted by Gasteiger charge is -2.12. The quantitative estimate of drug-likeness (QED) is 0.657. The van der Waals surface area contributed by atoms with E-state index in [-0.39, 0.29) is 0 Å². The lowest BCUT2D eigenvalue weighted by Crippen LogP contribution is -2.06. The first kappa shape index (κ1) is 10.7. The van der Waals surface area contributed by atoms with Crippen LogP contribution in [0, 0.1) is 0 Å². The third-order valence-corrected chi connectivity index (χ3v) is 3.05. The van der Waals surface area contributed by atoms with Gasteiger partial charge in [0, 0.05) is 8.81 Å².